The quantitative estimate of drug-likeness (QED) is 0.750. The first-order chi connectivity index (χ1) is 11.1. The zero-order chi connectivity index (χ0) is 16.0. The van der Waals surface area contributed by atoms with Gasteiger partial charge < -0.3 is 10.6 Å². The Bertz CT molecular complexity index is 909. The van der Waals surface area contributed by atoms with Gasteiger partial charge in [0.15, 0.2) is 0 Å². The van der Waals surface area contributed by atoms with Crippen LogP contribution in [0, 0.1) is 0 Å². The molecule has 1 aliphatic rings. The van der Waals surface area contributed by atoms with E-state index in [-0.39, 0.29) is 11.8 Å². The standard InChI is InChI=1S/C16H13N3O2S2/c1-8(20)18-15-12(9-6-7-17-14(21)13(9)23-15)16-19-10-4-2-3-5-11(10)22-16/h2-5H,6-7H2,1H3,(H,17,21)(H,18,20). The molecule has 0 saturated heterocycles. The van der Waals surface area contributed by atoms with E-state index >= 15 is 0 Å². The Morgan fingerprint density at radius 1 is 1.30 bits per heavy atom. The molecule has 1 aromatic carbocycles. The number of para-hydroxylation sites is 1. The summed E-state index contributed by atoms with van der Waals surface area (Å²) < 4.78 is 1.09. The van der Waals surface area contributed by atoms with Crippen LogP contribution in [0.1, 0.15) is 22.2 Å². The number of nitrogens with one attached hydrogen (secondary N) is 2. The van der Waals surface area contributed by atoms with Crippen molar-refractivity contribution >= 4 is 49.7 Å². The van der Waals surface area contributed by atoms with Gasteiger partial charge in [0.05, 0.1) is 15.1 Å². The highest BCUT2D eigenvalue weighted by Gasteiger charge is 2.28. The smallest absolute Gasteiger partial charge is 0.261 e. The molecule has 0 atom stereocenters. The van der Waals surface area contributed by atoms with Crippen LogP contribution in [0.4, 0.5) is 5.00 Å². The van der Waals surface area contributed by atoms with Crippen LogP contribution in [0.3, 0.4) is 0 Å². The number of rotatable bonds is 2. The summed E-state index contributed by atoms with van der Waals surface area (Å²) in [5, 5.41) is 7.27. The predicted molar refractivity (Wildman–Crippen MR) is 93.3 cm³/mol. The number of aromatic nitrogens is 1. The van der Waals surface area contributed by atoms with Crippen LogP contribution in [0.15, 0.2) is 24.3 Å². The lowest BCUT2D eigenvalue weighted by Gasteiger charge is -2.13. The van der Waals surface area contributed by atoms with Crippen LogP contribution < -0.4 is 10.6 Å². The summed E-state index contributed by atoms with van der Waals surface area (Å²) >= 11 is 2.91. The summed E-state index contributed by atoms with van der Waals surface area (Å²) in [4.78, 5) is 29.0. The Morgan fingerprint density at radius 3 is 2.91 bits per heavy atom. The molecule has 5 nitrogen and oxygen atoms in total. The van der Waals surface area contributed by atoms with Crippen molar-refractivity contribution in [2.75, 3.05) is 11.9 Å². The maximum Gasteiger partial charge on any atom is 0.261 e. The molecular weight excluding hydrogens is 330 g/mol. The van der Waals surface area contributed by atoms with Crippen LogP contribution in [-0.4, -0.2) is 23.3 Å². The molecule has 0 saturated carbocycles. The fourth-order valence-corrected chi connectivity index (χ4v) is 5.04. The topological polar surface area (TPSA) is 71.1 Å². The van der Waals surface area contributed by atoms with Crippen molar-refractivity contribution in [3.05, 3.63) is 34.7 Å². The van der Waals surface area contributed by atoms with Gasteiger partial charge in [-0.2, -0.15) is 0 Å². The van der Waals surface area contributed by atoms with Crippen molar-refractivity contribution in [1.82, 2.24) is 10.3 Å². The van der Waals surface area contributed by atoms with Gasteiger partial charge in [0.25, 0.3) is 5.91 Å². The highest BCUT2D eigenvalue weighted by Crippen LogP contribution is 2.44. The third-order valence-electron chi connectivity index (χ3n) is 3.67. The van der Waals surface area contributed by atoms with Crippen LogP contribution in [-0.2, 0) is 11.2 Å². The highest BCUT2D eigenvalue weighted by atomic mass is 32.1. The van der Waals surface area contributed by atoms with Gasteiger partial charge in [0.2, 0.25) is 5.91 Å². The van der Waals surface area contributed by atoms with Crippen molar-refractivity contribution < 1.29 is 9.59 Å². The number of benzene rings is 1. The number of nitrogens with zero attached hydrogens (tertiary/aromatic N) is 1. The number of hydrogen-bond acceptors (Lipinski definition) is 5. The third-order valence-corrected chi connectivity index (χ3v) is 5.87. The van der Waals surface area contributed by atoms with Gasteiger partial charge in [0, 0.05) is 19.0 Å². The van der Waals surface area contributed by atoms with E-state index in [0.29, 0.717) is 16.4 Å². The van der Waals surface area contributed by atoms with Gasteiger partial charge in [-0.15, -0.1) is 22.7 Å². The van der Waals surface area contributed by atoms with E-state index in [0.717, 1.165) is 32.8 Å². The van der Waals surface area contributed by atoms with Crippen LogP contribution in [0.25, 0.3) is 20.8 Å². The monoisotopic (exact) mass is 343 g/mol. The first kappa shape index (κ1) is 14.3. The Morgan fingerprint density at radius 2 is 2.13 bits per heavy atom. The first-order valence-corrected chi connectivity index (χ1v) is 8.84. The number of anilines is 1. The molecular formula is C16H13N3O2S2. The predicted octanol–water partition coefficient (Wildman–Crippen LogP) is 3.27. The van der Waals surface area contributed by atoms with Gasteiger partial charge in [-0.1, -0.05) is 12.1 Å². The number of carbonyl (C=O) groups excluding carboxylic acids is 2. The maximum absolute atomic E-state index is 12.1. The molecule has 0 spiro atoms. The lowest BCUT2D eigenvalue weighted by atomic mass is 10.0. The summed E-state index contributed by atoms with van der Waals surface area (Å²) in [6.07, 6.45) is 0.752. The summed E-state index contributed by atoms with van der Waals surface area (Å²) in [5.74, 6) is -0.221. The summed E-state index contributed by atoms with van der Waals surface area (Å²) in [6, 6.07) is 7.94. The zero-order valence-electron chi connectivity index (χ0n) is 12.3. The molecule has 2 amide bonds. The van der Waals surface area contributed by atoms with E-state index in [1.807, 2.05) is 24.3 Å². The Labute approximate surface area is 140 Å². The van der Waals surface area contributed by atoms with Crippen LogP contribution >= 0.6 is 22.7 Å². The fourth-order valence-electron chi connectivity index (χ4n) is 2.72. The third kappa shape index (κ3) is 2.42. The molecule has 2 aromatic heterocycles. The second kappa shape index (κ2) is 5.43. The second-order valence-electron chi connectivity index (χ2n) is 5.29. The van der Waals surface area contributed by atoms with Gasteiger partial charge in [0.1, 0.15) is 10.0 Å². The van der Waals surface area contributed by atoms with Crippen molar-refractivity contribution in [3.63, 3.8) is 0 Å². The van der Waals surface area contributed by atoms with E-state index in [1.165, 1.54) is 18.3 Å². The zero-order valence-corrected chi connectivity index (χ0v) is 13.9. The number of thiophene rings is 1. The number of amides is 2. The van der Waals surface area contributed by atoms with Gasteiger partial charge >= 0.3 is 0 Å². The van der Waals surface area contributed by atoms with Crippen molar-refractivity contribution in [3.8, 4) is 10.6 Å². The minimum Gasteiger partial charge on any atom is -0.351 e. The van der Waals surface area contributed by atoms with Crippen molar-refractivity contribution in [1.29, 1.82) is 0 Å². The minimum absolute atomic E-state index is 0.0739. The van der Waals surface area contributed by atoms with Gasteiger partial charge in [-0.3, -0.25) is 9.59 Å². The maximum atomic E-state index is 12.1. The lowest BCUT2D eigenvalue weighted by Crippen LogP contribution is -2.30. The average molecular weight is 343 g/mol. The minimum atomic E-state index is -0.147. The molecule has 2 N–H and O–H groups in total. The largest absolute Gasteiger partial charge is 0.351 e. The van der Waals surface area contributed by atoms with E-state index in [2.05, 4.69) is 10.6 Å². The number of carbonyl (C=O) groups is 2. The molecule has 3 heterocycles. The Kier molecular flexibility index (Phi) is 3.39. The van der Waals surface area contributed by atoms with Gasteiger partial charge in [-0.05, 0) is 24.1 Å². The van der Waals surface area contributed by atoms with E-state index < -0.39 is 0 Å². The summed E-state index contributed by atoms with van der Waals surface area (Å²) in [7, 11) is 0. The fraction of sp³-hybridized carbons (Fsp3) is 0.188. The van der Waals surface area contributed by atoms with Crippen molar-refractivity contribution in [2.45, 2.75) is 13.3 Å². The van der Waals surface area contributed by atoms with E-state index in [1.54, 1.807) is 11.3 Å². The molecule has 0 unspecified atom stereocenters. The molecule has 4 rings (SSSR count). The molecule has 1 aliphatic heterocycles. The molecule has 3 aromatic rings. The summed E-state index contributed by atoms with van der Waals surface area (Å²) in [5.41, 5.74) is 2.82. The summed E-state index contributed by atoms with van der Waals surface area (Å²) in [6.45, 7) is 2.08. The SMILES string of the molecule is CC(=O)Nc1sc2c(c1-c1nc3ccccc3s1)CCNC2=O. The molecule has 116 valence electrons. The normalized spacial score (nSPS) is 13.7. The number of thiazole rings is 1. The first-order valence-electron chi connectivity index (χ1n) is 7.21. The van der Waals surface area contributed by atoms with Crippen LogP contribution in [0.5, 0.6) is 0 Å². The van der Waals surface area contributed by atoms with E-state index in [4.69, 9.17) is 4.98 Å². The molecule has 23 heavy (non-hydrogen) atoms. The number of hydrogen-bond donors (Lipinski definition) is 2. The van der Waals surface area contributed by atoms with Gasteiger partial charge in [-0.25, -0.2) is 4.98 Å². The number of fused-ring (bicyclic) bond motifs is 2. The lowest BCUT2D eigenvalue weighted by molar-refractivity contribution is -0.114. The Balaban J connectivity index is 1.94. The molecule has 0 aliphatic carbocycles. The Hall–Kier alpha value is -2.25. The molecule has 0 bridgehead atoms. The van der Waals surface area contributed by atoms with Crippen LogP contribution in [0.2, 0.25) is 0 Å². The highest BCUT2D eigenvalue weighted by molar-refractivity contribution is 7.23. The molecule has 0 radical (unpaired) electrons. The van der Waals surface area contributed by atoms with E-state index in [9.17, 15) is 9.59 Å². The molecule has 0 fully saturated rings. The average Bonchev–Trinajstić information content (AvgIpc) is 3.07. The van der Waals surface area contributed by atoms with Crippen molar-refractivity contribution in [2.24, 2.45) is 0 Å². The second-order valence-corrected chi connectivity index (χ2v) is 7.34. The molecule has 7 heteroatoms.